The molecule has 3 rings (SSSR count). The molecule has 5 heteroatoms. The Labute approximate surface area is 148 Å². The maximum Gasteiger partial charge on any atom is 0.253 e. The summed E-state index contributed by atoms with van der Waals surface area (Å²) in [7, 11) is 0. The van der Waals surface area contributed by atoms with E-state index in [4.69, 9.17) is 5.73 Å². The normalized spacial score (nSPS) is 15.7. The average molecular weight is 337 g/mol. The summed E-state index contributed by atoms with van der Waals surface area (Å²) in [5.74, 6) is -0.0306. The van der Waals surface area contributed by atoms with Gasteiger partial charge in [0.1, 0.15) is 0 Å². The predicted octanol–water partition coefficient (Wildman–Crippen LogP) is 1.54. The van der Waals surface area contributed by atoms with Crippen molar-refractivity contribution >= 4 is 11.8 Å². The first-order valence-corrected chi connectivity index (χ1v) is 8.58. The molecule has 0 bridgehead atoms. The summed E-state index contributed by atoms with van der Waals surface area (Å²) in [6.45, 7) is 2.13. The zero-order chi connectivity index (χ0) is 17.6. The number of hydrogen-bond donors (Lipinski definition) is 1. The van der Waals surface area contributed by atoms with E-state index in [1.165, 1.54) is 0 Å². The highest BCUT2D eigenvalue weighted by atomic mass is 16.2. The predicted molar refractivity (Wildman–Crippen MR) is 97.0 cm³/mol. The quantitative estimate of drug-likeness (QED) is 0.920. The van der Waals surface area contributed by atoms with E-state index in [1.54, 1.807) is 9.80 Å². The van der Waals surface area contributed by atoms with Crippen molar-refractivity contribution in [3.63, 3.8) is 0 Å². The fraction of sp³-hybridized carbons (Fsp3) is 0.300. The Kier molecular flexibility index (Phi) is 5.46. The molecule has 0 spiro atoms. The molecule has 2 N–H and O–H groups in total. The first kappa shape index (κ1) is 17.2. The van der Waals surface area contributed by atoms with E-state index in [9.17, 15) is 9.59 Å². The van der Waals surface area contributed by atoms with E-state index >= 15 is 0 Å². The Balaban J connectivity index is 1.53. The van der Waals surface area contributed by atoms with Crippen molar-refractivity contribution in [3.8, 4) is 0 Å². The van der Waals surface area contributed by atoms with E-state index < -0.39 is 6.04 Å². The Bertz CT molecular complexity index is 710. The summed E-state index contributed by atoms with van der Waals surface area (Å²) in [6.07, 6.45) is 0.531. The maximum atomic E-state index is 12.5. The fourth-order valence-electron chi connectivity index (χ4n) is 3.08. The summed E-state index contributed by atoms with van der Waals surface area (Å²) in [5, 5.41) is 0. The molecule has 0 aliphatic carbocycles. The molecule has 0 aromatic heterocycles. The molecule has 1 fully saturated rings. The molecule has 130 valence electrons. The molecule has 5 nitrogen and oxygen atoms in total. The highest BCUT2D eigenvalue weighted by Crippen LogP contribution is 2.11. The van der Waals surface area contributed by atoms with Crippen LogP contribution in [0.1, 0.15) is 15.9 Å². The van der Waals surface area contributed by atoms with Crippen LogP contribution < -0.4 is 5.73 Å². The lowest BCUT2D eigenvalue weighted by Crippen LogP contribution is -2.54. The lowest BCUT2D eigenvalue weighted by atomic mass is 10.1. The van der Waals surface area contributed by atoms with Gasteiger partial charge in [-0.2, -0.15) is 0 Å². The third-order valence-electron chi connectivity index (χ3n) is 4.51. The second-order valence-corrected chi connectivity index (χ2v) is 6.28. The van der Waals surface area contributed by atoms with Gasteiger partial charge < -0.3 is 15.5 Å². The van der Waals surface area contributed by atoms with Crippen molar-refractivity contribution in [2.75, 3.05) is 26.2 Å². The maximum absolute atomic E-state index is 12.5. The van der Waals surface area contributed by atoms with E-state index in [-0.39, 0.29) is 11.8 Å². The number of carbonyl (C=O) groups excluding carboxylic acids is 2. The topological polar surface area (TPSA) is 66.6 Å². The van der Waals surface area contributed by atoms with Crippen LogP contribution in [0.3, 0.4) is 0 Å². The van der Waals surface area contributed by atoms with Crippen molar-refractivity contribution in [1.82, 2.24) is 9.80 Å². The smallest absolute Gasteiger partial charge is 0.253 e. The number of rotatable bonds is 4. The van der Waals surface area contributed by atoms with Gasteiger partial charge in [0, 0.05) is 31.7 Å². The monoisotopic (exact) mass is 337 g/mol. The van der Waals surface area contributed by atoms with Crippen LogP contribution in [-0.2, 0) is 11.2 Å². The van der Waals surface area contributed by atoms with Crippen LogP contribution in [0.5, 0.6) is 0 Å². The van der Waals surface area contributed by atoms with Gasteiger partial charge in [0.25, 0.3) is 5.91 Å². The number of carbonyl (C=O) groups is 2. The first-order valence-electron chi connectivity index (χ1n) is 8.58. The lowest BCUT2D eigenvalue weighted by Gasteiger charge is -2.36. The van der Waals surface area contributed by atoms with E-state index in [2.05, 4.69) is 0 Å². The molecule has 1 aliphatic rings. The minimum atomic E-state index is -0.543. The standard InChI is InChI=1S/C20H23N3O2/c21-18(15-16-7-3-1-4-8-16)20(25)23-13-11-22(12-14-23)19(24)17-9-5-2-6-10-17/h1-10,18H,11-15,21H2. The molecule has 1 atom stereocenters. The minimum Gasteiger partial charge on any atom is -0.338 e. The Morgan fingerprint density at radius 1 is 0.840 bits per heavy atom. The highest BCUT2D eigenvalue weighted by molar-refractivity contribution is 5.94. The molecule has 2 amide bonds. The SMILES string of the molecule is NC(Cc1ccccc1)C(=O)N1CCN(C(=O)c2ccccc2)CC1. The van der Waals surface area contributed by atoms with Crippen molar-refractivity contribution in [3.05, 3.63) is 71.8 Å². The number of nitrogens with zero attached hydrogens (tertiary/aromatic N) is 2. The number of benzene rings is 2. The van der Waals surface area contributed by atoms with Gasteiger partial charge in [0.15, 0.2) is 0 Å². The molecular weight excluding hydrogens is 314 g/mol. The van der Waals surface area contributed by atoms with Gasteiger partial charge in [0.05, 0.1) is 6.04 Å². The summed E-state index contributed by atoms with van der Waals surface area (Å²) >= 11 is 0. The van der Waals surface area contributed by atoms with E-state index in [0.29, 0.717) is 38.2 Å². The fourth-order valence-corrected chi connectivity index (χ4v) is 3.08. The van der Waals surface area contributed by atoms with Crippen molar-refractivity contribution in [2.45, 2.75) is 12.5 Å². The highest BCUT2D eigenvalue weighted by Gasteiger charge is 2.27. The first-order chi connectivity index (χ1) is 12.1. The van der Waals surface area contributed by atoms with Crippen LogP contribution in [-0.4, -0.2) is 53.8 Å². The van der Waals surface area contributed by atoms with Crippen LogP contribution >= 0.6 is 0 Å². The van der Waals surface area contributed by atoms with Gasteiger partial charge in [0.2, 0.25) is 5.91 Å². The van der Waals surface area contributed by atoms with Gasteiger partial charge in [-0.05, 0) is 24.1 Å². The van der Waals surface area contributed by atoms with Crippen molar-refractivity contribution < 1.29 is 9.59 Å². The molecule has 2 aromatic carbocycles. The Hall–Kier alpha value is -2.66. The molecule has 0 radical (unpaired) electrons. The summed E-state index contributed by atoms with van der Waals surface area (Å²) in [6, 6.07) is 18.5. The summed E-state index contributed by atoms with van der Waals surface area (Å²) in [5.41, 5.74) is 7.83. The van der Waals surface area contributed by atoms with Crippen molar-refractivity contribution in [1.29, 1.82) is 0 Å². The molecule has 2 aromatic rings. The number of piperazine rings is 1. The average Bonchev–Trinajstić information content (AvgIpc) is 2.68. The van der Waals surface area contributed by atoms with Crippen LogP contribution in [0.25, 0.3) is 0 Å². The van der Waals surface area contributed by atoms with Gasteiger partial charge in [-0.1, -0.05) is 48.5 Å². The molecule has 0 saturated carbocycles. The minimum absolute atomic E-state index is 0.0151. The summed E-state index contributed by atoms with van der Waals surface area (Å²) in [4.78, 5) is 28.6. The molecular formula is C20H23N3O2. The number of hydrogen-bond acceptors (Lipinski definition) is 3. The lowest BCUT2D eigenvalue weighted by molar-refractivity contribution is -0.134. The second-order valence-electron chi connectivity index (χ2n) is 6.28. The molecule has 1 aliphatic heterocycles. The zero-order valence-electron chi connectivity index (χ0n) is 14.2. The van der Waals surface area contributed by atoms with Crippen LogP contribution in [0.15, 0.2) is 60.7 Å². The third-order valence-corrected chi connectivity index (χ3v) is 4.51. The third kappa shape index (κ3) is 4.25. The van der Waals surface area contributed by atoms with Gasteiger partial charge in [-0.25, -0.2) is 0 Å². The summed E-state index contributed by atoms with van der Waals surface area (Å²) < 4.78 is 0. The Morgan fingerprint density at radius 3 is 1.96 bits per heavy atom. The molecule has 1 heterocycles. The van der Waals surface area contributed by atoms with Crippen LogP contribution in [0.4, 0.5) is 0 Å². The van der Waals surface area contributed by atoms with Gasteiger partial charge in [-0.3, -0.25) is 9.59 Å². The molecule has 1 saturated heterocycles. The molecule has 1 unspecified atom stereocenters. The van der Waals surface area contributed by atoms with Crippen LogP contribution in [0.2, 0.25) is 0 Å². The zero-order valence-corrected chi connectivity index (χ0v) is 14.2. The number of nitrogens with two attached hydrogens (primary N) is 1. The van der Waals surface area contributed by atoms with E-state index in [0.717, 1.165) is 5.56 Å². The number of amides is 2. The largest absolute Gasteiger partial charge is 0.338 e. The van der Waals surface area contributed by atoms with Crippen LogP contribution in [0, 0.1) is 0 Å². The van der Waals surface area contributed by atoms with Crippen molar-refractivity contribution in [2.24, 2.45) is 5.73 Å². The van der Waals surface area contributed by atoms with E-state index in [1.807, 2.05) is 60.7 Å². The van der Waals surface area contributed by atoms with Gasteiger partial charge >= 0.3 is 0 Å². The molecule has 25 heavy (non-hydrogen) atoms. The van der Waals surface area contributed by atoms with Gasteiger partial charge in [-0.15, -0.1) is 0 Å². The Morgan fingerprint density at radius 2 is 1.36 bits per heavy atom. The second kappa shape index (κ2) is 7.94.